The molecule has 1 rings (SSSR count). The molecule has 0 aromatic heterocycles. The predicted molar refractivity (Wildman–Crippen MR) is 62.6 cm³/mol. The van der Waals surface area contributed by atoms with Gasteiger partial charge in [0.05, 0.1) is 0 Å². The molecule has 0 radical (unpaired) electrons. The fraction of sp³-hybridized carbons (Fsp3) is 0.462. The summed E-state index contributed by atoms with van der Waals surface area (Å²) in [6.45, 7) is 5.76. The maximum absolute atomic E-state index is 11.2. The number of carbonyl (C=O) groups is 1. The van der Waals surface area contributed by atoms with Crippen LogP contribution in [0.5, 0.6) is 5.75 Å². The monoisotopic (exact) mass is 222 g/mol. The molecule has 0 bridgehead atoms. The number of rotatable bonds is 5. The molecule has 0 heterocycles. The lowest BCUT2D eigenvalue weighted by Crippen LogP contribution is -2.40. The van der Waals surface area contributed by atoms with Crippen molar-refractivity contribution in [3.8, 4) is 5.75 Å². The Morgan fingerprint density at radius 2 is 1.94 bits per heavy atom. The molecule has 1 aromatic carbocycles. The largest absolute Gasteiger partial charge is 0.478 e. The normalized spacial score (nSPS) is 13.2. The first-order valence-corrected chi connectivity index (χ1v) is 5.42. The SMILES string of the molecule is CCC(C)(C)C(Oc1ccccc1)C(=O)O. The van der Waals surface area contributed by atoms with Crippen molar-refractivity contribution in [2.24, 2.45) is 5.41 Å². The summed E-state index contributed by atoms with van der Waals surface area (Å²) < 4.78 is 5.53. The first-order chi connectivity index (χ1) is 7.47. The van der Waals surface area contributed by atoms with E-state index in [1.54, 1.807) is 12.1 Å². The van der Waals surface area contributed by atoms with Gasteiger partial charge in [0.1, 0.15) is 5.75 Å². The Labute approximate surface area is 96.1 Å². The first-order valence-electron chi connectivity index (χ1n) is 5.42. The van der Waals surface area contributed by atoms with Gasteiger partial charge in [-0.3, -0.25) is 0 Å². The second-order valence-electron chi connectivity index (χ2n) is 4.49. The van der Waals surface area contributed by atoms with Gasteiger partial charge in [-0.25, -0.2) is 4.79 Å². The van der Waals surface area contributed by atoms with E-state index in [1.165, 1.54) is 0 Å². The van der Waals surface area contributed by atoms with Crippen LogP contribution in [0, 0.1) is 5.41 Å². The lowest BCUT2D eigenvalue weighted by molar-refractivity contribution is -0.151. The molecule has 0 saturated heterocycles. The van der Waals surface area contributed by atoms with Gasteiger partial charge >= 0.3 is 5.97 Å². The van der Waals surface area contributed by atoms with Gasteiger partial charge in [0, 0.05) is 5.41 Å². The van der Waals surface area contributed by atoms with Crippen molar-refractivity contribution in [3.05, 3.63) is 30.3 Å². The number of para-hydroxylation sites is 1. The number of carboxylic acid groups (broad SMARTS) is 1. The van der Waals surface area contributed by atoms with Crippen LogP contribution in [0.25, 0.3) is 0 Å². The van der Waals surface area contributed by atoms with E-state index >= 15 is 0 Å². The number of aliphatic carboxylic acids is 1. The van der Waals surface area contributed by atoms with Gasteiger partial charge in [0.15, 0.2) is 0 Å². The number of hydrogen-bond donors (Lipinski definition) is 1. The van der Waals surface area contributed by atoms with Crippen molar-refractivity contribution in [1.82, 2.24) is 0 Å². The molecule has 0 fully saturated rings. The summed E-state index contributed by atoms with van der Waals surface area (Å²) in [7, 11) is 0. The molecule has 0 aliphatic heterocycles. The Kier molecular flexibility index (Phi) is 3.93. The van der Waals surface area contributed by atoms with E-state index in [1.807, 2.05) is 39.0 Å². The van der Waals surface area contributed by atoms with Crippen LogP contribution in [0.3, 0.4) is 0 Å². The quantitative estimate of drug-likeness (QED) is 0.833. The first kappa shape index (κ1) is 12.6. The third kappa shape index (κ3) is 2.99. The van der Waals surface area contributed by atoms with E-state index in [4.69, 9.17) is 4.74 Å². The van der Waals surface area contributed by atoms with Gasteiger partial charge in [0.25, 0.3) is 0 Å². The Balaban J connectivity index is 2.85. The van der Waals surface area contributed by atoms with E-state index in [9.17, 15) is 9.90 Å². The summed E-state index contributed by atoms with van der Waals surface area (Å²) in [6.07, 6.45) is -0.0727. The second-order valence-corrected chi connectivity index (χ2v) is 4.49. The Hall–Kier alpha value is -1.51. The molecule has 3 nitrogen and oxygen atoms in total. The van der Waals surface area contributed by atoms with Crippen LogP contribution in [-0.2, 0) is 4.79 Å². The molecule has 16 heavy (non-hydrogen) atoms. The maximum Gasteiger partial charge on any atom is 0.345 e. The number of benzene rings is 1. The van der Waals surface area contributed by atoms with Crippen LogP contribution in [0.4, 0.5) is 0 Å². The smallest absolute Gasteiger partial charge is 0.345 e. The molecule has 0 saturated carbocycles. The minimum atomic E-state index is -0.921. The molecular weight excluding hydrogens is 204 g/mol. The van der Waals surface area contributed by atoms with Gasteiger partial charge in [-0.15, -0.1) is 0 Å². The van der Waals surface area contributed by atoms with E-state index in [2.05, 4.69) is 0 Å². The van der Waals surface area contributed by atoms with E-state index < -0.39 is 12.1 Å². The molecule has 0 aliphatic rings. The molecule has 1 unspecified atom stereocenters. The number of carboxylic acids is 1. The van der Waals surface area contributed by atoms with Crippen molar-refractivity contribution in [2.45, 2.75) is 33.3 Å². The topological polar surface area (TPSA) is 46.5 Å². The second kappa shape index (κ2) is 5.01. The molecular formula is C13H18O3. The van der Waals surface area contributed by atoms with Gasteiger partial charge in [0.2, 0.25) is 6.10 Å². The lowest BCUT2D eigenvalue weighted by atomic mass is 9.83. The molecule has 0 aliphatic carbocycles. The lowest BCUT2D eigenvalue weighted by Gasteiger charge is -2.30. The minimum absolute atomic E-state index is 0.387. The Bertz CT molecular complexity index is 343. The fourth-order valence-corrected chi connectivity index (χ4v) is 1.36. The summed E-state index contributed by atoms with van der Waals surface area (Å²) in [4.78, 5) is 11.2. The number of ether oxygens (including phenoxy) is 1. The zero-order valence-electron chi connectivity index (χ0n) is 9.93. The van der Waals surface area contributed by atoms with Crippen molar-refractivity contribution < 1.29 is 14.6 Å². The highest BCUT2D eigenvalue weighted by Crippen LogP contribution is 2.28. The van der Waals surface area contributed by atoms with Crippen molar-refractivity contribution in [1.29, 1.82) is 0 Å². The van der Waals surface area contributed by atoms with Gasteiger partial charge in [-0.05, 0) is 18.6 Å². The van der Waals surface area contributed by atoms with Gasteiger partial charge in [-0.1, -0.05) is 39.0 Å². The van der Waals surface area contributed by atoms with Crippen LogP contribution >= 0.6 is 0 Å². The van der Waals surface area contributed by atoms with Crippen LogP contribution in [0.1, 0.15) is 27.2 Å². The summed E-state index contributed by atoms with van der Waals surface area (Å²) in [5.74, 6) is -0.327. The van der Waals surface area contributed by atoms with Crippen molar-refractivity contribution in [3.63, 3.8) is 0 Å². The number of hydrogen-bond acceptors (Lipinski definition) is 2. The van der Waals surface area contributed by atoms with Crippen LogP contribution in [0.2, 0.25) is 0 Å². The molecule has 0 amide bonds. The third-order valence-electron chi connectivity index (χ3n) is 2.84. The molecule has 1 aromatic rings. The van der Waals surface area contributed by atoms with Gasteiger partial charge < -0.3 is 9.84 Å². The molecule has 88 valence electrons. The van der Waals surface area contributed by atoms with Crippen LogP contribution in [-0.4, -0.2) is 17.2 Å². The predicted octanol–water partition coefficient (Wildman–Crippen LogP) is 2.95. The van der Waals surface area contributed by atoms with Crippen molar-refractivity contribution in [2.75, 3.05) is 0 Å². The molecule has 1 atom stereocenters. The fourth-order valence-electron chi connectivity index (χ4n) is 1.36. The minimum Gasteiger partial charge on any atom is -0.478 e. The Morgan fingerprint density at radius 1 is 1.38 bits per heavy atom. The zero-order chi connectivity index (χ0) is 12.2. The highest BCUT2D eigenvalue weighted by Gasteiger charge is 2.35. The van der Waals surface area contributed by atoms with Crippen LogP contribution in [0.15, 0.2) is 30.3 Å². The summed E-state index contributed by atoms with van der Waals surface area (Å²) in [5.41, 5.74) is -0.387. The molecule has 3 heteroatoms. The zero-order valence-corrected chi connectivity index (χ0v) is 9.93. The molecule has 1 N–H and O–H groups in total. The average molecular weight is 222 g/mol. The van der Waals surface area contributed by atoms with Crippen molar-refractivity contribution >= 4 is 5.97 Å². The van der Waals surface area contributed by atoms with E-state index in [0.29, 0.717) is 5.75 Å². The summed E-state index contributed by atoms with van der Waals surface area (Å²) >= 11 is 0. The average Bonchev–Trinajstić information content (AvgIpc) is 2.26. The maximum atomic E-state index is 11.2. The van der Waals surface area contributed by atoms with E-state index in [0.717, 1.165) is 6.42 Å². The summed E-state index contributed by atoms with van der Waals surface area (Å²) in [5, 5.41) is 9.18. The standard InChI is InChI=1S/C13H18O3/c1-4-13(2,3)11(12(14)15)16-10-8-6-5-7-9-10/h5-9,11H,4H2,1-3H3,(H,14,15). The Morgan fingerprint density at radius 3 is 2.38 bits per heavy atom. The van der Waals surface area contributed by atoms with Gasteiger partial charge in [-0.2, -0.15) is 0 Å². The van der Waals surface area contributed by atoms with Crippen LogP contribution < -0.4 is 4.74 Å². The van der Waals surface area contributed by atoms with E-state index in [-0.39, 0.29) is 5.41 Å². The molecule has 0 spiro atoms. The highest BCUT2D eigenvalue weighted by molar-refractivity contribution is 5.73. The summed E-state index contributed by atoms with van der Waals surface area (Å²) in [6, 6.07) is 9.05. The third-order valence-corrected chi connectivity index (χ3v) is 2.84. The highest BCUT2D eigenvalue weighted by atomic mass is 16.5.